The summed E-state index contributed by atoms with van der Waals surface area (Å²) in [5.74, 6) is 0.0824. The average Bonchev–Trinajstić information content (AvgIpc) is 2.82. The predicted octanol–water partition coefficient (Wildman–Crippen LogP) is 2.70. The Morgan fingerprint density at radius 2 is 2.11 bits per heavy atom. The summed E-state index contributed by atoms with van der Waals surface area (Å²) in [5.41, 5.74) is 1.38. The van der Waals surface area contributed by atoms with Crippen LogP contribution in [-0.4, -0.2) is 18.0 Å². The number of amides is 1. The van der Waals surface area contributed by atoms with Gasteiger partial charge in [-0.25, -0.2) is 0 Å². The second-order valence-corrected chi connectivity index (χ2v) is 5.64. The summed E-state index contributed by atoms with van der Waals surface area (Å²) in [6.07, 6.45) is 2.01. The van der Waals surface area contributed by atoms with Crippen LogP contribution in [0.4, 0.5) is 0 Å². The van der Waals surface area contributed by atoms with Gasteiger partial charge in [0.1, 0.15) is 0 Å². The summed E-state index contributed by atoms with van der Waals surface area (Å²) in [7, 11) is 0. The fourth-order valence-electron chi connectivity index (χ4n) is 1.65. The van der Waals surface area contributed by atoms with Gasteiger partial charge in [-0.2, -0.15) is 0 Å². The van der Waals surface area contributed by atoms with E-state index in [1.807, 2.05) is 13.8 Å². The molecule has 0 aliphatic heterocycles. The molecule has 4 heteroatoms. The molecule has 1 aromatic heterocycles. The van der Waals surface area contributed by atoms with Crippen LogP contribution in [0.15, 0.2) is 11.4 Å². The van der Waals surface area contributed by atoms with Crippen LogP contribution >= 0.6 is 11.3 Å². The van der Waals surface area contributed by atoms with Gasteiger partial charge in [0.2, 0.25) is 5.91 Å². The van der Waals surface area contributed by atoms with Crippen LogP contribution in [0.5, 0.6) is 0 Å². The number of hydrogen-bond acceptors (Lipinski definition) is 3. The van der Waals surface area contributed by atoms with Crippen LogP contribution in [-0.2, 0) is 17.8 Å². The number of thiophene rings is 1. The Morgan fingerprint density at radius 1 is 1.39 bits per heavy atom. The van der Waals surface area contributed by atoms with E-state index in [-0.39, 0.29) is 18.0 Å². The van der Waals surface area contributed by atoms with Gasteiger partial charge >= 0.3 is 0 Å². The first kappa shape index (κ1) is 15.2. The van der Waals surface area contributed by atoms with Crippen molar-refractivity contribution in [2.45, 2.75) is 59.2 Å². The summed E-state index contributed by atoms with van der Waals surface area (Å²) in [5, 5.41) is 8.39. The third-order valence-electron chi connectivity index (χ3n) is 3.18. The normalized spacial score (nSPS) is 14.2. The van der Waals surface area contributed by atoms with E-state index in [4.69, 9.17) is 0 Å². The Morgan fingerprint density at radius 3 is 2.72 bits per heavy atom. The Kier molecular flexibility index (Phi) is 6.36. The SMILES string of the molecule is CCc1ccsc1CNC(C)C(=O)NC(C)CC. The Balaban J connectivity index is 2.41. The highest BCUT2D eigenvalue weighted by atomic mass is 32.1. The highest BCUT2D eigenvalue weighted by molar-refractivity contribution is 7.10. The van der Waals surface area contributed by atoms with Crippen LogP contribution in [0.25, 0.3) is 0 Å². The van der Waals surface area contributed by atoms with E-state index >= 15 is 0 Å². The van der Waals surface area contributed by atoms with Crippen molar-refractivity contribution in [3.8, 4) is 0 Å². The average molecular weight is 268 g/mol. The molecule has 2 atom stereocenters. The summed E-state index contributed by atoms with van der Waals surface area (Å²) in [6.45, 7) is 8.94. The van der Waals surface area contributed by atoms with Crippen LogP contribution < -0.4 is 10.6 Å². The first-order valence-corrected chi connectivity index (χ1v) is 7.55. The second-order valence-electron chi connectivity index (χ2n) is 4.64. The zero-order chi connectivity index (χ0) is 13.5. The molecule has 18 heavy (non-hydrogen) atoms. The third-order valence-corrected chi connectivity index (χ3v) is 4.14. The van der Waals surface area contributed by atoms with Crippen molar-refractivity contribution in [1.82, 2.24) is 10.6 Å². The molecule has 0 radical (unpaired) electrons. The van der Waals surface area contributed by atoms with Gasteiger partial charge in [0.15, 0.2) is 0 Å². The number of aryl methyl sites for hydroxylation is 1. The molecule has 0 saturated carbocycles. The first-order chi connectivity index (χ1) is 8.58. The minimum atomic E-state index is -0.147. The largest absolute Gasteiger partial charge is 0.352 e. The smallest absolute Gasteiger partial charge is 0.237 e. The predicted molar refractivity (Wildman–Crippen MR) is 77.9 cm³/mol. The molecule has 102 valence electrons. The van der Waals surface area contributed by atoms with Crippen molar-refractivity contribution < 1.29 is 4.79 Å². The zero-order valence-electron chi connectivity index (χ0n) is 11.7. The Bertz CT molecular complexity index is 376. The van der Waals surface area contributed by atoms with Gasteiger partial charge in [0.05, 0.1) is 6.04 Å². The van der Waals surface area contributed by atoms with Gasteiger partial charge in [-0.3, -0.25) is 4.79 Å². The van der Waals surface area contributed by atoms with E-state index in [2.05, 4.69) is 35.9 Å². The first-order valence-electron chi connectivity index (χ1n) is 6.67. The highest BCUT2D eigenvalue weighted by Gasteiger charge is 2.14. The van der Waals surface area contributed by atoms with Crippen molar-refractivity contribution in [2.75, 3.05) is 0 Å². The molecule has 0 aliphatic rings. The second kappa shape index (κ2) is 7.54. The molecule has 1 rings (SSSR count). The fourth-order valence-corrected chi connectivity index (χ4v) is 2.57. The molecule has 1 amide bonds. The molecule has 1 aromatic rings. The minimum absolute atomic E-state index is 0.0824. The lowest BCUT2D eigenvalue weighted by Crippen LogP contribution is -2.45. The van der Waals surface area contributed by atoms with Crippen LogP contribution in [0.3, 0.4) is 0 Å². The number of rotatable bonds is 7. The molecule has 0 spiro atoms. The number of carbonyl (C=O) groups excluding carboxylic acids is 1. The Labute approximate surface area is 114 Å². The number of nitrogens with one attached hydrogen (secondary N) is 2. The highest BCUT2D eigenvalue weighted by Crippen LogP contribution is 2.17. The lowest BCUT2D eigenvalue weighted by atomic mass is 10.2. The van der Waals surface area contributed by atoms with Gasteiger partial charge in [-0.05, 0) is 43.7 Å². The van der Waals surface area contributed by atoms with E-state index < -0.39 is 0 Å². The third kappa shape index (κ3) is 4.42. The van der Waals surface area contributed by atoms with E-state index in [0.29, 0.717) is 0 Å². The van der Waals surface area contributed by atoms with Crippen molar-refractivity contribution in [3.63, 3.8) is 0 Å². The van der Waals surface area contributed by atoms with Crippen LogP contribution in [0.1, 0.15) is 44.6 Å². The topological polar surface area (TPSA) is 41.1 Å². The van der Waals surface area contributed by atoms with Gasteiger partial charge in [0, 0.05) is 17.5 Å². The maximum atomic E-state index is 11.9. The van der Waals surface area contributed by atoms with E-state index in [9.17, 15) is 4.79 Å². The van der Waals surface area contributed by atoms with E-state index in [1.165, 1.54) is 10.4 Å². The van der Waals surface area contributed by atoms with Gasteiger partial charge < -0.3 is 10.6 Å². The molecule has 0 bridgehead atoms. The molecule has 0 fully saturated rings. The maximum absolute atomic E-state index is 11.9. The van der Waals surface area contributed by atoms with Gasteiger partial charge in [-0.15, -0.1) is 11.3 Å². The maximum Gasteiger partial charge on any atom is 0.237 e. The molecular weight excluding hydrogens is 244 g/mol. The summed E-state index contributed by atoms with van der Waals surface area (Å²) >= 11 is 1.75. The van der Waals surface area contributed by atoms with Crippen molar-refractivity contribution in [3.05, 3.63) is 21.9 Å². The van der Waals surface area contributed by atoms with Crippen molar-refractivity contribution >= 4 is 17.2 Å². The zero-order valence-corrected chi connectivity index (χ0v) is 12.6. The minimum Gasteiger partial charge on any atom is -0.352 e. The molecule has 2 unspecified atom stereocenters. The molecule has 0 saturated heterocycles. The van der Waals surface area contributed by atoms with Crippen LogP contribution in [0, 0.1) is 0 Å². The van der Waals surface area contributed by atoms with Gasteiger partial charge in [0.25, 0.3) is 0 Å². The lowest BCUT2D eigenvalue weighted by Gasteiger charge is -2.17. The summed E-state index contributed by atoms with van der Waals surface area (Å²) in [4.78, 5) is 13.2. The monoisotopic (exact) mass is 268 g/mol. The number of carbonyl (C=O) groups is 1. The number of hydrogen-bond donors (Lipinski definition) is 2. The van der Waals surface area contributed by atoms with E-state index in [0.717, 1.165) is 19.4 Å². The molecule has 2 N–H and O–H groups in total. The van der Waals surface area contributed by atoms with Crippen molar-refractivity contribution in [2.24, 2.45) is 0 Å². The van der Waals surface area contributed by atoms with Crippen LogP contribution in [0.2, 0.25) is 0 Å². The van der Waals surface area contributed by atoms with Crippen molar-refractivity contribution in [1.29, 1.82) is 0 Å². The van der Waals surface area contributed by atoms with E-state index in [1.54, 1.807) is 11.3 Å². The van der Waals surface area contributed by atoms with Gasteiger partial charge in [-0.1, -0.05) is 13.8 Å². The fraction of sp³-hybridized carbons (Fsp3) is 0.643. The molecular formula is C14H24N2OS. The summed E-state index contributed by atoms with van der Waals surface area (Å²) in [6, 6.07) is 2.26. The molecule has 0 aliphatic carbocycles. The lowest BCUT2D eigenvalue weighted by molar-refractivity contribution is -0.123. The Hall–Kier alpha value is -0.870. The quantitative estimate of drug-likeness (QED) is 0.798. The summed E-state index contributed by atoms with van der Waals surface area (Å²) < 4.78 is 0. The molecule has 1 heterocycles. The molecule has 0 aromatic carbocycles. The standard InChI is InChI=1S/C14H24N2OS/c1-5-10(3)16-14(17)11(4)15-9-13-12(6-2)7-8-18-13/h7-8,10-11,15H,5-6,9H2,1-4H3,(H,16,17). The molecule has 3 nitrogen and oxygen atoms in total.